The van der Waals surface area contributed by atoms with Crippen LogP contribution in [0.5, 0.6) is 0 Å². The highest BCUT2D eigenvalue weighted by Gasteiger charge is 2.32. The summed E-state index contributed by atoms with van der Waals surface area (Å²) in [5.41, 5.74) is 1.31. The van der Waals surface area contributed by atoms with Gasteiger partial charge in [0.1, 0.15) is 5.82 Å². The van der Waals surface area contributed by atoms with Crippen LogP contribution in [0.4, 0.5) is 0 Å². The Balaban J connectivity index is 1.79. The Morgan fingerprint density at radius 3 is 2.80 bits per heavy atom. The molecule has 0 aromatic carbocycles. The van der Waals surface area contributed by atoms with Crippen molar-refractivity contribution in [2.24, 2.45) is 0 Å². The van der Waals surface area contributed by atoms with Crippen molar-refractivity contribution in [3.05, 3.63) is 23.3 Å². The van der Waals surface area contributed by atoms with Gasteiger partial charge in [0.2, 0.25) is 0 Å². The number of ether oxygens (including phenoxy) is 2. The molecule has 0 bridgehead atoms. The minimum atomic E-state index is -0.0146. The van der Waals surface area contributed by atoms with Crippen molar-refractivity contribution in [2.45, 2.75) is 26.4 Å². The monoisotopic (exact) mass is 279 g/mol. The van der Waals surface area contributed by atoms with E-state index in [1.54, 1.807) is 18.2 Å². The Bertz CT molecular complexity index is 473. The standard InChI is InChI=1S/C14H21N3O3/c1-10-13(7-15-11(2)16-10)14(18)17-8-12(9-17)20-6-4-5-19-3/h7,12H,4-6,8-9H2,1-3H3. The maximum absolute atomic E-state index is 12.3. The van der Waals surface area contributed by atoms with Crippen LogP contribution in [0.15, 0.2) is 6.20 Å². The number of carbonyl (C=O) groups excluding carboxylic acids is 1. The largest absolute Gasteiger partial charge is 0.385 e. The van der Waals surface area contributed by atoms with E-state index in [0.717, 1.165) is 12.1 Å². The molecule has 1 fully saturated rings. The Hall–Kier alpha value is -1.53. The first-order valence-corrected chi connectivity index (χ1v) is 6.82. The Morgan fingerprint density at radius 1 is 1.40 bits per heavy atom. The Morgan fingerprint density at radius 2 is 2.15 bits per heavy atom. The fourth-order valence-corrected chi connectivity index (χ4v) is 2.13. The molecule has 2 rings (SSSR count). The first-order valence-electron chi connectivity index (χ1n) is 6.82. The van der Waals surface area contributed by atoms with E-state index in [2.05, 4.69) is 9.97 Å². The highest BCUT2D eigenvalue weighted by Crippen LogP contribution is 2.17. The molecule has 1 aromatic heterocycles. The maximum atomic E-state index is 12.3. The highest BCUT2D eigenvalue weighted by molar-refractivity contribution is 5.95. The molecule has 0 atom stereocenters. The van der Waals surface area contributed by atoms with Gasteiger partial charge in [-0.3, -0.25) is 4.79 Å². The third-order valence-corrected chi connectivity index (χ3v) is 3.31. The lowest BCUT2D eigenvalue weighted by molar-refractivity contribution is -0.0465. The van der Waals surface area contributed by atoms with Gasteiger partial charge in [0, 0.05) is 39.6 Å². The van der Waals surface area contributed by atoms with Crippen molar-refractivity contribution in [2.75, 3.05) is 33.4 Å². The Kier molecular flexibility index (Phi) is 5.03. The van der Waals surface area contributed by atoms with E-state index >= 15 is 0 Å². The summed E-state index contributed by atoms with van der Waals surface area (Å²) in [4.78, 5) is 22.3. The molecule has 6 heteroatoms. The summed E-state index contributed by atoms with van der Waals surface area (Å²) in [6.45, 7) is 6.30. The normalized spacial score (nSPS) is 15.2. The van der Waals surface area contributed by atoms with Crippen LogP contribution in [0.1, 0.15) is 28.3 Å². The molecule has 0 spiro atoms. The molecule has 20 heavy (non-hydrogen) atoms. The molecule has 110 valence electrons. The van der Waals surface area contributed by atoms with Gasteiger partial charge in [0.25, 0.3) is 5.91 Å². The zero-order valence-electron chi connectivity index (χ0n) is 12.3. The van der Waals surface area contributed by atoms with Gasteiger partial charge in [0.05, 0.1) is 17.4 Å². The lowest BCUT2D eigenvalue weighted by atomic mass is 10.1. The molecule has 0 unspecified atom stereocenters. The lowest BCUT2D eigenvalue weighted by Gasteiger charge is -2.39. The predicted octanol–water partition coefficient (Wildman–Crippen LogP) is 0.971. The van der Waals surface area contributed by atoms with Crippen LogP contribution in [0.25, 0.3) is 0 Å². The summed E-state index contributed by atoms with van der Waals surface area (Å²) in [6, 6.07) is 0. The number of rotatable bonds is 6. The van der Waals surface area contributed by atoms with Crippen LogP contribution in [-0.4, -0.2) is 60.3 Å². The lowest BCUT2D eigenvalue weighted by Crippen LogP contribution is -2.55. The van der Waals surface area contributed by atoms with Gasteiger partial charge in [-0.1, -0.05) is 0 Å². The molecule has 1 aliphatic rings. The number of amides is 1. The van der Waals surface area contributed by atoms with E-state index in [4.69, 9.17) is 9.47 Å². The molecular formula is C14H21N3O3. The summed E-state index contributed by atoms with van der Waals surface area (Å²) in [5, 5.41) is 0. The van der Waals surface area contributed by atoms with Crippen molar-refractivity contribution in [1.82, 2.24) is 14.9 Å². The number of aryl methyl sites for hydroxylation is 2. The average molecular weight is 279 g/mol. The van der Waals surface area contributed by atoms with Gasteiger partial charge < -0.3 is 14.4 Å². The summed E-state index contributed by atoms with van der Waals surface area (Å²) in [6.07, 6.45) is 2.63. The molecule has 2 heterocycles. The van der Waals surface area contributed by atoms with Crippen molar-refractivity contribution < 1.29 is 14.3 Å². The third kappa shape index (κ3) is 3.52. The van der Waals surface area contributed by atoms with Crippen molar-refractivity contribution >= 4 is 5.91 Å². The van der Waals surface area contributed by atoms with E-state index in [-0.39, 0.29) is 12.0 Å². The van der Waals surface area contributed by atoms with Crippen molar-refractivity contribution in [3.63, 3.8) is 0 Å². The number of nitrogens with zero attached hydrogens (tertiary/aromatic N) is 3. The summed E-state index contributed by atoms with van der Waals surface area (Å²) < 4.78 is 10.6. The van der Waals surface area contributed by atoms with Gasteiger partial charge in [-0.15, -0.1) is 0 Å². The highest BCUT2D eigenvalue weighted by atomic mass is 16.5. The molecule has 6 nitrogen and oxygen atoms in total. The van der Waals surface area contributed by atoms with E-state index in [1.165, 1.54) is 0 Å². The number of hydrogen-bond acceptors (Lipinski definition) is 5. The number of hydrogen-bond donors (Lipinski definition) is 0. The van der Waals surface area contributed by atoms with Gasteiger partial charge >= 0.3 is 0 Å². The van der Waals surface area contributed by atoms with Crippen LogP contribution in [-0.2, 0) is 9.47 Å². The third-order valence-electron chi connectivity index (χ3n) is 3.31. The molecule has 0 aliphatic carbocycles. The second-order valence-electron chi connectivity index (χ2n) is 4.97. The quantitative estimate of drug-likeness (QED) is 0.726. The van der Waals surface area contributed by atoms with Crippen molar-refractivity contribution in [1.29, 1.82) is 0 Å². The fraction of sp³-hybridized carbons (Fsp3) is 0.643. The number of methoxy groups -OCH3 is 1. The molecule has 0 radical (unpaired) electrons. The van der Waals surface area contributed by atoms with Crippen LogP contribution in [0.3, 0.4) is 0 Å². The number of likely N-dealkylation sites (tertiary alicyclic amines) is 1. The molecular weight excluding hydrogens is 258 g/mol. The van der Waals surface area contributed by atoms with Crippen LogP contribution < -0.4 is 0 Å². The van der Waals surface area contributed by atoms with Crippen LogP contribution >= 0.6 is 0 Å². The number of aromatic nitrogens is 2. The summed E-state index contributed by atoms with van der Waals surface area (Å²) >= 11 is 0. The molecule has 0 saturated carbocycles. The average Bonchev–Trinajstić information content (AvgIpc) is 2.35. The SMILES string of the molecule is COCCCOC1CN(C(=O)c2cnc(C)nc2C)C1. The fourth-order valence-electron chi connectivity index (χ4n) is 2.13. The maximum Gasteiger partial charge on any atom is 0.257 e. The van der Waals surface area contributed by atoms with Gasteiger partial charge in [0.15, 0.2) is 0 Å². The van der Waals surface area contributed by atoms with Crippen LogP contribution in [0.2, 0.25) is 0 Å². The second kappa shape index (κ2) is 6.76. The molecule has 1 aromatic rings. The van der Waals surface area contributed by atoms with E-state index in [0.29, 0.717) is 37.7 Å². The zero-order valence-corrected chi connectivity index (χ0v) is 12.3. The molecule has 1 saturated heterocycles. The first-order chi connectivity index (χ1) is 9.61. The minimum Gasteiger partial charge on any atom is -0.385 e. The second-order valence-corrected chi connectivity index (χ2v) is 4.97. The van der Waals surface area contributed by atoms with Gasteiger partial charge in [-0.2, -0.15) is 0 Å². The Labute approximate surface area is 119 Å². The van der Waals surface area contributed by atoms with E-state index in [9.17, 15) is 4.79 Å². The summed E-state index contributed by atoms with van der Waals surface area (Å²) in [7, 11) is 1.68. The predicted molar refractivity (Wildman–Crippen MR) is 73.6 cm³/mol. The molecule has 1 aliphatic heterocycles. The van der Waals surface area contributed by atoms with E-state index < -0.39 is 0 Å². The molecule has 0 N–H and O–H groups in total. The minimum absolute atomic E-state index is 0.0146. The van der Waals surface area contributed by atoms with Gasteiger partial charge in [-0.25, -0.2) is 9.97 Å². The zero-order chi connectivity index (χ0) is 14.5. The molecule has 1 amide bonds. The summed E-state index contributed by atoms with van der Waals surface area (Å²) in [5.74, 6) is 0.668. The van der Waals surface area contributed by atoms with Crippen molar-refractivity contribution in [3.8, 4) is 0 Å². The number of carbonyl (C=O) groups is 1. The smallest absolute Gasteiger partial charge is 0.257 e. The van der Waals surface area contributed by atoms with Gasteiger partial charge in [-0.05, 0) is 20.3 Å². The van der Waals surface area contributed by atoms with Crippen LogP contribution in [0, 0.1) is 13.8 Å². The first kappa shape index (κ1) is 14.9. The van der Waals surface area contributed by atoms with E-state index in [1.807, 2.05) is 13.8 Å². The topological polar surface area (TPSA) is 64.6 Å².